The highest BCUT2D eigenvalue weighted by Gasteiger charge is 2.25. The molecule has 1 unspecified atom stereocenters. The summed E-state index contributed by atoms with van der Waals surface area (Å²) < 4.78 is 5.55. The fourth-order valence-electron chi connectivity index (χ4n) is 2.08. The van der Waals surface area contributed by atoms with Crippen LogP contribution in [-0.2, 0) is 4.74 Å². The summed E-state index contributed by atoms with van der Waals surface area (Å²) in [6, 6.07) is 6.62. The number of nitrogens with one attached hydrogen (secondary N) is 1. The van der Waals surface area contributed by atoms with Crippen molar-refractivity contribution in [3.63, 3.8) is 0 Å². The van der Waals surface area contributed by atoms with Gasteiger partial charge in [-0.1, -0.05) is 12.1 Å². The van der Waals surface area contributed by atoms with Crippen LogP contribution in [0.5, 0.6) is 5.75 Å². The smallest absolute Gasteiger partial charge is 0.257 e. The molecule has 0 aliphatic carbocycles. The summed E-state index contributed by atoms with van der Waals surface area (Å²) in [5, 5.41) is 12.7. The van der Waals surface area contributed by atoms with Crippen LogP contribution in [0.2, 0.25) is 0 Å². The van der Waals surface area contributed by atoms with Gasteiger partial charge < -0.3 is 20.1 Å². The number of ether oxygens (including phenoxy) is 1. The van der Waals surface area contributed by atoms with Crippen LogP contribution < -0.4 is 5.32 Å². The lowest BCUT2D eigenvalue weighted by molar-refractivity contribution is -0.0197. The number of nitrogens with zero attached hydrogens (tertiary/aromatic N) is 1. The SMILES string of the molecule is CNCC1CN(C(=O)c2ccccc2O)CCO1. The number of carbonyl (C=O) groups excluding carboxylic acids is 1. The minimum absolute atomic E-state index is 0.0126. The Kier molecular flexibility index (Phi) is 4.17. The van der Waals surface area contributed by atoms with Crippen molar-refractivity contribution in [3.8, 4) is 5.75 Å². The number of carbonyl (C=O) groups is 1. The molecule has 1 aromatic rings. The predicted octanol–water partition coefficient (Wildman–Crippen LogP) is 0.453. The van der Waals surface area contributed by atoms with Crippen LogP contribution in [0.25, 0.3) is 0 Å². The van der Waals surface area contributed by atoms with Gasteiger partial charge in [0.25, 0.3) is 5.91 Å². The number of phenolic OH excluding ortho intramolecular Hbond substituents is 1. The maximum Gasteiger partial charge on any atom is 0.257 e. The molecule has 2 rings (SSSR count). The molecular formula is C13H18N2O3. The Hall–Kier alpha value is -1.59. The molecule has 18 heavy (non-hydrogen) atoms. The molecular weight excluding hydrogens is 232 g/mol. The minimum Gasteiger partial charge on any atom is -0.507 e. The molecule has 2 N–H and O–H groups in total. The van der Waals surface area contributed by atoms with Gasteiger partial charge in [0.05, 0.1) is 18.3 Å². The molecule has 1 saturated heterocycles. The zero-order valence-electron chi connectivity index (χ0n) is 10.4. The van der Waals surface area contributed by atoms with E-state index in [9.17, 15) is 9.90 Å². The Balaban J connectivity index is 2.07. The van der Waals surface area contributed by atoms with Gasteiger partial charge >= 0.3 is 0 Å². The first kappa shape index (κ1) is 12.9. The Morgan fingerprint density at radius 3 is 3.06 bits per heavy atom. The number of rotatable bonds is 3. The van der Waals surface area contributed by atoms with Gasteiger partial charge in [-0.3, -0.25) is 4.79 Å². The molecule has 1 aliphatic rings. The van der Waals surface area contributed by atoms with Crippen LogP contribution in [-0.4, -0.2) is 55.3 Å². The Morgan fingerprint density at radius 1 is 1.56 bits per heavy atom. The van der Waals surface area contributed by atoms with Crippen molar-refractivity contribution in [3.05, 3.63) is 29.8 Å². The Morgan fingerprint density at radius 2 is 2.33 bits per heavy atom. The van der Waals surface area contributed by atoms with Gasteiger partial charge in [0, 0.05) is 19.6 Å². The zero-order valence-corrected chi connectivity index (χ0v) is 10.4. The van der Waals surface area contributed by atoms with Crippen molar-refractivity contribution < 1.29 is 14.6 Å². The van der Waals surface area contributed by atoms with Crippen molar-refractivity contribution in [2.45, 2.75) is 6.10 Å². The van der Waals surface area contributed by atoms with Crippen LogP contribution >= 0.6 is 0 Å². The van der Waals surface area contributed by atoms with Gasteiger partial charge in [0.15, 0.2) is 0 Å². The maximum absolute atomic E-state index is 12.3. The van der Waals surface area contributed by atoms with E-state index in [1.54, 1.807) is 23.1 Å². The van der Waals surface area contributed by atoms with Crippen LogP contribution in [0.1, 0.15) is 10.4 Å². The van der Waals surface area contributed by atoms with Crippen molar-refractivity contribution >= 4 is 5.91 Å². The molecule has 1 aromatic carbocycles. The molecule has 1 fully saturated rings. The number of amides is 1. The van der Waals surface area contributed by atoms with Crippen molar-refractivity contribution in [2.75, 3.05) is 33.3 Å². The largest absolute Gasteiger partial charge is 0.507 e. The summed E-state index contributed by atoms with van der Waals surface area (Å²) in [6.07, 6.45) is 0.0126. The third kappa shape index (κ3) is 2.80. The lowest BCUT2D eigenvalue weighted by Crippen LogP contribution is -2.48. The van der Waals surface area contributed by atoms with E-state index in [2.05, 4.69) is 5.32 Å². The fraction of sp³-hybridized carbons (Fsp3) is 0.462. The molecule has 0 bridgehead atoms. The molecule has 0 saturated carbocycles. The van der Waals surface area contributed by atoms with Crippen molar-refractivity contribution in [1.29, 1.82) is 0 Å². The fourth-order valence-corrected chi connectivity index (χ4v) is 2.08. The summed E-state index contributed by atoms with van der Waals surface area (Å²) in [4.78, 5) is 14.0. The van der Waals surface area contributed by atoms with E-state index in [0.29, 0.717) is 31.8 Å². The van der Waals surface area contributed by atoms with Crippen LogP contribution in [0.15, 0.2) is 24.3 Å². The third-order valence-corrected chi connectivity index (χ3v) is 2.99. The number of likely N-dealkylation sites (N-methyl/N-ethyl adjacent to an activating group) is 1. The summed E-state index contributed by atoms with van der Waals surface area (Å²) in [7, 11) is 1.85. The van der Waals surface area contributed by atoms with E-state index in [-0.39, 0.29) is 17.8 Å². The lowest BCUT2D eigenvalue weighted by atomic mass is 10.1. The first-order valence-electron chi connectivity index (χ1n) is 6.06. The second-order valence-electron chi connectivity index (χ2n) is 4.32. The second kappa shape index (κ2) is 5.84. The predicted molar refractivity (Wildman–Crippen MR) is 67.7 cm³/mol. The van der Waals surface area contributed by atoms with E-state index >= 15 is 0 Å². The zero-order chi connectivity index (χ0) is 13.0. The number of para-hydroxylation sites is 1. The van der Waals surface area contributed by atoms with Gasteiger partial charge in [0.2, 0.25) is 0 Å². The summed E-state index contributed by atoms with van der Waals surface area (Å²) in [5.41, 5.74) is 0.350. The van der Waals surface area contributed by atoms with Crippen molar-refractivity contribution in [2.24, 2.45) is 0 Å². The first-order chi connectivity index (χ1) is 8.72. The van der Waals surface area contributed by atoms with E-state index < -0.39 is 0 Å². The molecule has 5 nitrogen and oxygen atoms in total. The first-order valence-corrected chi connectivity index (χ1v) is 6.06. The molecule has 1 atom stereocenters. The van der Waals surface area contributed by atoms with Gasteiger partial charge in [-0.05, 0) is 19.2 Å². The molecule has 98 valence electrons. The molecule has 1 aliphatic heterocycles. The van der Waals surface area contributed by atoms with Gasteiger partial charge in [-0.2, -0.15) is 0 Å². The molecule has 1 amide bonds. The monoisotopic (exact) mass is 250 g/mol. The second-order valence-corrected chi connectivity index (χ2v) is 4.32. The molecule has 0 aromatic heterocycles. The van der Waals surface area contributed by atoms with Crippen LogP contribution in [0.4, 0.5) is 0 Å². The normalized spacial score (nSPS) is 19.8. The molecule has 0 spiro atoms. The van der Waals surface area contributed by atoms with Crippen LogP contribution in [0, 0.1) is 0 Å². The van der Waals surface area contributed by atoms with E-state index in [1.165, 1.54) is 6.07 Å². The highest BCUT2D eigenvalue weighted by Crippen LogP contribution is 2.19. The van der Waals surface area contributed by atoms with E-state index in [4.69, 9.17) is 4.74 Å². The standard InChI is InChI=1S/C13H18N2O3/c1-14-8-10-9-15(6-7-18-10)13(17)11-4-2-3-5-12(11)16/h2-5,10,14,16H,6-9H2,1H3. The topological polar surface area (TPSA) is 61.8 Å². The number of hydrogen-bond acceptors (Lipinski definition) is 4. The van der Waals surface area contributed by atoms with E-state index in [0.717, 1.165) is 0 Å². The summed E-state index contributed by atoms with van der Waals surface area (Å²) in [5.74, 6) is -0.114. The average molecular weight is 250 g/mol. The highest BCUT2D eigenvalue weighted by atomic mass is 16.5. The third-order valence-electron chi connectivity index (χ3n) is 2.99. The molecule has 0 radical (unpaired) electrons. The number of benzene rings is 1. The van der Waals surface area contributed by atoms with Gasteiger partial charge in [-0.25, -0.2) is 0 Å². The number of aromatic hydroxyl groups is 1. The van der Waals surface area contributed by atoms with Crippen molar-refractivity contribution in [1.82, 2.24) is 10.2 Å². The van der Waals surface area contributed by atoms with Gasteiger partial charge in [0.1, 0.15) is 5.75 Å². The van der Waals surface area contributed by atoms with Gasteiger partial charge in [-0.15, -0.1) is 0 Å². The Bertz CT molecular complexity index is 420. The average Bonchev–Trinajstić information content (AvgIpc) is 2.39. The number of morpholine rings is 1. The summed E-state index contributed by atoms with van der Waals surface area (Å²) in [6.45, 7) is 2.36. The maximum atomic E-state index is 12.3. The summed E-state index contributed by atoms with van der Waals surface area (Å²) >= 11 is 0. The minimum atomic E-state index is -0.141. The Labute approximate surface area is 106 Å². The highest BCUT2D eigenvalue weighted by molar-refractivity contribution is 5.96. The van der Waals surface area contributed by atoms with Crippen LogP contribution in [0.3, 0.4) is 0 Å². The van der Waals surface area contributed by atoms with E-state index in [1.807, 2.05) is 7.05 Å². The molecule has 5 heteroatoms. The lowest BCUT2D eigenvalue weighted by Gasteiger charge is -2.33. The number of phenols is 1. The molecule has 1 heterocycles. The number of hydrogen-bond donors (Lipinski definition) is 2. The quantitative estimate of drug-likeness (QED) is 0.818.